The van der Waals surface area contributed by atoms with Gasteiger partial charge in [-0.15, -0.1) is 0 Å². The molecule has 0 aliphatic carbocycles. The Hall–Kier alpha value is -1.66. The van der Waals surface area contributed by atoms with Crippen LogP contribution in [-0.4, -0.2) is 36.2 Å². The van der Waals surface area contributed by atoms with E-state index in [0.717, 1.165) is 29.7 Å². The van der Waals surface area contributed by atoms with E-state index in [9.17, 15) is 8.42 Å². The van der Waals surface area contributed by atoms with Crippen LogP contribution in [0.5, 0.6) is 0 Å². The van der Waals surface area contributed by atoms with Crippen molar-refractivity contribution in [3.05, 3.63) is 42.1 Å². The van der Waals surface area contributed by atoms with Gasteiger partial charge in [-0.1, -0.05) is 30.3 Å². The zero-order valence-electron chi connectivity index (χ0n) is 11.7. The summed E-state index contributed by atoms with van der Waals surface area (Å²) in [7, 11) is -2.88. The van der Waals surface area contributed by atoms with Gasteiger partial charge in [-0.3, -0.25) is 5.10 Å². The van der Waals surface area contributed by atoms with Crippen molar-refractivity contribution in [2.75, 3.05) is 12.3 Å². The monoisotopic (exact) mass is 305 g/mol. The quantitative estimate of drug-likeness (QED) is 0.882. The van der Waals surface area contributed by atoms with Crippen LogP contribution in [0.25, 0.3) is 11.3 Å². The number of aromatic amines is 1. The summed E-state index contributed by atoms with van der Waals surface area (Å²) in [4.78, 5) is 0. The van der Waals surface area contributed by atoms with Gasteiger partial charge >= 0.3 is 0 Å². The zero-order chi connectivity index (χ0) is 14.7. The largest absolute Gasteiger partial charge is 0.311 e. The third-order valence-corrected chi connectivity index (χ3v) is 6.21. The van der Waals surface area contributed by atoms with Gasteiger partial charge in [0, 0.05) is 18.7 Å². The average molecular weight is 305 g/mol. The van der Waals surface area contributed by atoms with E-state index >= 15 is 0 Å². The summed E-state index contributed by atoms with van der Waals surface area (Å²) >= 11 is 0. The van der Waals surface area contributed by atoms with E-state index in [2.05, 4.69) is 15.5 Å². The minimum Gasteiger partial charge on any atom is -0.311 e. The summed E-state index contributed by atoms with van der Waals surface area (Å²) in [6.07, 6.45) is 3.35. The highest BCUT2D eigenvalue weighted by molar-refractivity contribution is 7.92. The molecule has 1 atom stereocenters. The number of hydrogen-bond acceptors (Lipinski definition) is 4. The Labute approximate surface area is 124 Å². The van der Waals surface area contributed by atoms with Crippen LogP contribution in [0.3, 0.4) is 0 Å². The third-order valence-electron chi connectivity index (χ3n) is 3.93. The molecule has 21 heavy (non-hydrogen) atoms. The predicted molar refractivity (Wildman–Crippen MR) is 82.5 cm³/mol. The molecule has 6 heteroatoms. The second-order valence-corrected chi connectivity index (χ2v) is 7.80. The summed E-state index contributed by atoms with van der Waals surface area (Å²) in [5.41, 5.74) is 3.12. The fourth-order valence-corrected chi connectivity index (χ4v) is 4.56. The second kappa shape index (κ2) is 5.99. The maximum absolute atomic E-state index is 11.8. The summed E-state index contributed by atoms with van der Waals surface area (Å²) in [5, 5.41) is 10.1. The maximum Gasteiger partial charge on any atom is 0.154 e. The summed E-state index contributed by atoms with van der Waals surface area (Å²) in [5.74, 6) is 0.334. The molecular weight excluding hydrogens is 286 g/mol. The van der Waals surface area contributed by atoms with E-state index in [0.29, 0.717) is 18.8 Å². The number of nitrogens with one attached hydrogen (secondary N) is 2. The van der Waals surface area contributed by atoms with Gasteiger partial charge in [0.2, 0.25) is 0 Å². The Bertz CT molecular complexity index is 695. The molecule has 3 rings (SSSR count). The summed E-state index contributed by atoms with van der Waals surface area (Å²) in [6, 6.07) is 10.00. The molecule has 2 aromatic rings. The van der Waals surface area contributed by atoms with Crippen molar-refractivity contribution in [3.8, 4) is 11.3 Å². The standard InChI is InChI=1S/C15H19N3O2S/c19-21(20)8-4-7-14(21)11-16-9-13-10-17-18-15(13)12-5-2-1-3-6-12/h1-3,5-6,10,14,16H,4,7-9,11H2,(H,17,18)/t14-/m1/s1. The van der Waals surface area contributed by atoms with Crippen LogP contribution in [0, 0.1) is 0 Å². The minimum absolute atomic E-state index is 0.232. The molecule has 1 aliphatic heterocycles. The zero-order valence-corrected chi connectivity index (χ0v) is 12.6. The molecule has 0 amide bonds. The van der Waals surface area contributed by atoms with E-state index < -0.39 is 9.84 Å². The van der Waals surface area contributed by atoms with Gasteiger partial charge in [-0.05, 0) is 18.4 Å². The van der Waals surface area contributed by atoms with Gasteiger partial charge in [0.05, 0.1) is 22.9 Å². The third kappa shape index (κ3) is 3.16. The molecule has 1 saturated heterocycles. The van der Waals surface area contributed by atoms with Crippen molar-refractivity contribution < 1.29 is 8.42 Å². The first-order valence-electron chi connectivity index (χ1n) is 7.17. The molecule has 0 saturated carbocycles. The Morgan fingerprint density at radius 2 is 2.10 bits per heavy atom. The highest BCUT2D eigenvalue weighted by Gasteiger charge is 2.30. The van der Waals surface area contributed by atoms with Crippen LogP contribution in [-0.2, 0) is 16.4 Å². The molecule has 0 unspecified atom stereocenters. The topological polar surface area (TPSA) is 74.8 Å². The van der Waals surface area contributed by atoms with Crippen molar-refractivity contribution >= 4 is 9.84 Å². The minimum atomic E-state index is -2.88. The molecular formula is C15H19N3O2S. The molecule has 0 radical (unpaired) electrons. The van der Waals surface area contributed by atoms with Crippen LogP contribution in [0.15, 0.2) is 36.5 Å². The number of aromatic nitrogens is 2. The first kappa shape index (κ1) is 14.3. The predicted octanol–water partition coefficient (Wildman–Crippen LogP) is 1.74. The molecule has 1 fully saturated rings. The van der Waals surface area contributed by atoms with Crippen LogP contribution < -0.4 is 5.32 Å². The fourth-order valence-electron chi connectivity index (χ4n) is 2.76. The van der Waals surface area contributed by atoms with Gasteiger partial charge in [-0.2, -0.15) is 5.10 Å². The van der Waals surface area contributed by atoms with E-state index in [4.69, 9.17) is 0 Å². The number of rotatable bonds is 5. The van der Waals surface area contributed by atoms with Crippen molar-refractivity contribution in [1.29, 1.82) is 0 Å². The Morgan fingerprint density at radius 1 is 1.29 bits per heavy atom. The van der Waals surface area contributed by atoms with Gasteiger partial charge in [0.25, 0.3) is 0 Å². The van der Waals surface area contributed by atoms with Gasteiger partial charge in [0.15, 0.2) is 9.84 Å². The number of benzene rings is 1. The van der Waals surface area contributed by atoms with Crippen molar-refractivity contribution in [1.82, 2.24) is 15.5 Å². The summed E-state index contributed by atoms with van der Waals surface area (Å²) < 4.78 is 23.6. The van der Waals surface area contributed by atoms with E-state index in [1.54, 1.807) is 6.20 Å². The lowest BCUT2D eigenvalue weighted by atomic mass is 10.1. The smallest absolute Gasteiger partial charge is 0.154 e. The first-order chi connectivity index (χ1) is 10.2. The Kier molecular flexibility index (Phi) is 4.07. The molecule has 1 aliphatic rings. The Balaban J connectivity index is 1.63. The number of sulfone groups is 1. The molecule has 1 aromatic carbocycles. The lowest BCUT2D eigenvalue weighted by molar-refractivity contribution is 0.574. The van der Waals surface area contributed by atoms with Crippen molar-refractivity contribution in [2.45, 2.75) is 24.6 Å². The lowest BCUT2D eigenvalue weighted by Gasteiger charge is -2.10. The van der Waals surface area contributed by atoms with Gasteiger partial charge < -0.3 is 5.32 Å². The highest BCUT2D eigenvalue weighted by Crippen LogP contribution is 2.21. The molecule has 2 N–H and O–H groups in total. The van der Waals surface area contributed by atoms with Crippen LogP contribution >= 0.6 is 0 Å². The van der Waals surface area contributed by atoms with Crippen molar-refractivity contribution in [2.24, 2.45) is 0 Å². The van der Waals surface area contributed by atoms with E-state index in [1.807, 2.05) is 30.3 Å². The van der Waals surface area contributed by atoms with Crippen LogP contribution in [0.1, 0.15) is 18.4 Å². The SMILES string of the molecule is O=S1(=O)CCC[C@@H]1CNCc1cn[nH]c1-c1ccccc1. The maximum atomic E-state index is 11.8. The van der Waals surface area contributed by atoms with Crippen molar-refractivity contribution in [3.63, 3.8) is 0 Å². The summed E-state index contributed by atoms with van der Waals surface area (Å²) in [6.45, 7) is 1.13. The van der Waals surface area contributed by atoms with Gasteiger partial charge in [-0.25, -0.2) is 8.42 Å². The number of hydrogen-bond donors (Lipinski definition) is 2. The second-order valence-electron chi connectivity index (χ2n) is 5.40. The number of H-pyrrole nitrogens is 1. The van der Waals surface area contributed by atoms with E-state index in [1.165, 1.54) is 0 Å². The first-order valence-corrected chi connectivity index (χ1v) is 8.88. The molecule has 1 aromatic heterocycles. The lowest BCUT2D eigenvalue weighted by Crippen LogP contribution is -2.30. The van der Waals surface area contributed by atoms with Crippen LogP contribution in [0.4, 0.5) is 0 Å². The molecule has 2 heterocycles. The molecule has 0 bridgehead atoms. The molecule has 112 valence electrons. The Morgan fingerprint density at radius 3 is 2.81 bits per heavy atom. The van der Waals surface area contributed by atoms with Gasteiger partial charge in [0.1, 0.15) is 0 Å². The number of nitrogens with zero attached hydrogens (tertiary/aromatic N) is 1. The highest BCUT2D eigenvalue weighted by atomic mass is 32.2. The fraction of sp³-hybridized carbons (Fsp3) is 0.400. The van der Waals surface area contributed by atoms with Crippen LogP contribution in [0.2, 0.25) is 0 Å². The van der Waals surface area contributed by atoms with E-state index in [-0.39, 0.29) is 5.25 Å². The molecule has 0 spiro atoms. The normalized spacial score (nSPS) is 20.7. The molecule has 5 nitrogen and oxygen atoms in total. The average Bonchev–Trinajstić information content (AvgIpc) is 3.07.